The van der Waals surface area contributed by atoms with Crippen molar-refractivity contribution in [2.75, 3.05) is 0 Å². The first-order valence-corrected chi connectivity index (χ1v) is 9.53. The van der Waals surface area contributed by atoms with Crippen LogP contribution in [0.2, 0.25) is 0 Å². The number of carbonyl (C=O) groups is 1. The van der Waals surface area contributed by atoms with Gasteiger partial charge in [-0.25, -0.2) is 17.9 Å². The lowest BCUT2D eigenvalue weighted by molar-refractivity contribution is 0.245. The summed E-state index contributed by atoms with van der Waals surface area (Å²) in [7, 11) is -4.00. The zero-order valence-corrected chi connectivity index (χ0v) is 14.7. The Morgan fingerprint density at radius 1 is 0.769 bits per heavy atom. The molecule has 2 amide bonds. The molecule has 0 aliphatic carbocycles. The molecule has 0 bridgehead atoms. The van der Waals surface area contributed by atoms with E-state index in [9.17, 15) is 13.2 Å². The quantitative estimate of drug-likeness (QED) is 0.725. The highest BCUT2D eigenvalue weighted by Crippen LogP contribution is 2.26. The van der Waals surface area contributed by atoms with E-state index in [0.717, 1.165) is 11.1 Å². The maximum Gasteiger partial charge on any atom is 0.328 e. The lowest BCUT2D eigenvalue weighted by Crippen LogP contribution is -2.39. The van der Waals surface area contributed by atoms with Crippen molar-refractivity contribution in [2.45, 2.75) is 11.4 Å². The second-order valence-corrected chi connectivity index (χ2v) is 7.29. The molecule has 0 spiro atoms. The van der Waals surface area contributed by atoms with Crippen LogP contribution < -0.4 is 10.0 Å². The van der Waals surface area contributed by atoms with E-state index in [1.165, 1.54) is 6.07 Å². The van der Waals surface area contributed by atoms with Gasteiger partial charge in [-0.2, -0.15) is 0 Å². The molecule has 6 heteroatoms. The van der Waals surface area contributed by atoms with Gasteiger partial charge in [0, 0.05) is 12.1 Å². The molecule has 0 heterocycles. The molecule has 0 radical (unpaired) electrons. The molecular weight excluding hydrogens is 348 g/mol. The van der Waals surface area contributed by atoms with Gasteiger partial charge in [-0.3, -0.25) is 0 Å². The Balaban J connectivity index is 1.77. The minimum absolute atomic E-state index is 0.0565. The zero-order chi connectivity index (χ0) is 18.4. The number of amides is 2. The lowest BCUT2D eigenvalue weighted by atomic mass is 10.1. The van der Waals surface area contributed by atoms with Gasteiger partial charge in [0.25, 0.3) is 10.0 Å². The van der Waals surface area contributed by atoms with E-state index < -0.39 is 16.1 Å². The molecule has 0 saturated carbocycles. The van der Waals surface area contributed by atoms with Crippen LogP contribution >= 0.6 is 0 Å². The van der Waals surface area contributed by atoms with Gasteiger partial charge < -0.3 is 5.32 Å². The van der Waals surface area contributed by atoms with Gasteiger partial charge in [0.1, 0.15) is 0 Å². The fourth-order valence-corrected chi connectivity index (χ4v) is 3.71. The molecule has 0 saturated heterocycles. The third kappa shape index (κ3) is 4.29. The number of benzene rings is 3. The third-order valence-corrected chi connectivity index (χ3v) is 5.17. The van der Waals surface area contributed by atoms with Crippen LogP contribution in [0.15, 0.2) is 89.8 Å². The largest absolute Gasteiger partial charge is 0.333 e. The molecule has 3 aromatic rings. The Morgan fingerprint density at radius 3 is 2.04 bits per heavy atom. The number of carbonyl (C=O) groups excluding carboxylic acids is 1. The fraction of sp³-hybridized carbons (Fsp3) is 0.0500. The number of sulfonamides is 1. The summed E-state index contributed by atoms with van der Waals surface area (Å²) in [5.41, 5.74) is 2.18. The molecule has 2 N–H and O–H groups in total. The van der Waals surface area contributed by atoms with E-state index in [0.29, 0.717) is 5.56 Å². The number of hydrogen-bond donors (Lipinski definition) is 2. The summed E-state index contributed by atoms with van der Waals surface area (Å²) in [5.74, 6) is 0. The summed E-state index contributed by atoms with van der Waals surface area (Å²) in [4.78, 5) is 12.1. The number of rotatable bonds is 5. The van der Waals surface area contributed by atoms with Crippen LogP contribution in [0.4, 0.5) is 4.79 Å². The Kier molecular flexibility index (Phi) is 5.34. The summed E-state index contributed by atoms with van der Waals surface area (Å²) >= 11 is 0. The Hall–Kier alpha value is -3.12. The predicted octanol–water partition coefficient (Wildman–Crippen LogP) is 3.54. The first kappa shape index (κ1) is 17.7. The Bertz CT molecular complexity index is 988. The van der Waals surface area contributed by atoms with Gasteiger partial charge in [-0.1, -0.05) is 78.9 Å². The molecule has 132 valence electrons. The standard InChI is InChI=1S/C20H18N2O3S/c23-20(21-15-16-9-3-1-4-10-16)22-26(24,25)19-14-8-7-13-18(19)17-11-5-2-6-12-17/h1-14H,15H2,(H2,21,22,23). The summed E-state index contributed by atoms with van der Waals surface area (Å²) < 4.78 is 27.4. The maximum atomic E-state index is 12.7. The average molecular weight is 366 g/mol. The second kappa shape index (κ2) is 7.84. The molecular formula is C20H18N2O3S. The zero-order valence-electron chi connectivity index (χ0n) is 13.9. The van der Waals surface area contributed by atoms with E-state index in [1.807, 2.05) is 60.7 Å². The monoisotopic (exact) mass is 366 g/mol. The fourth-order valence-electron chi connectivity index (χ4n) is 2.55. The van der Waals surface area contributed by atoms with E-state index in [2.05, 4.69) is 10.0 Å². The van der Waals surface area contributed by atoms with Crippen LogP contribution in [-0.2, 0) is 16.6 Å². The smallest absolute Gasteiger partial charge is 0.328 e. The normalized spacial score (nSPS) is 10.9. The van der Waals surface area contributed by atoms with E-state index in [4.69, 9.17) is 0 Å². The molecule has 0 aromatic heterocycles. The summed E-state index contributed by atoms with van der Waals surface area (Å²) in [6.45, 7) is 0.239. The third-order valence-electron chi connectivity index (χ3n) is 3.78. The molecule has 3 rings (SSSR count). The average Bonchev–Trinajstić information content (AvgIpc) is 2.67. The van der Waals surface area contributed by atoms with Gasteiger partial charge in [-0.05, 0) is 17.2 Å². The summed E-state index contributed by atoms with van der Waals surface area (Å²) in [5, 5.41) is 2.55. The number of hydrogen-bond acceptors (Lipinski definition) is 3. The first-order chi connectivity index (χ1) is 12.6. The first-order valence-electron chi connectivity index (χ1n) is 8.05. The van der Waals surface area contributed by atoms with Gasteiger partial charge in [0.2, 0.25) is 0 Å². The van der Waals surface area contributed by atoms with Gasteiger partial charge in [0.15, 0.2) is 0 Å². The summed E-state index contributed by atoms with van der Waals surface area (Å²) in [6.07, 6.45) is 0. The van der Waals surface area contributed by atoms with Crippen LogP contribution in [0.25, 0.3) is 11.1 Å². The van der Waals surface area contributed by atoms with Crippen molar-refractivity contribution >= 4 is 16.1 Å². The van der Waals surface area contributed by atoms with Crippen LogP contribution in [0.1, 0.15) is 5.56 Å². The molecule has 3 aromatic carbocycles. The minimum Gasteiger partial charge on any atom is -0.333 e. The topological polar surface area (TPSA) is 75.3 Å². The molecule has 5 nitrogen and oxygen atoms in total. The Labute approximate surface area is 152 Å². The van der Waals surface area contributed by atoms with Crippen molar-refractivity contribution in [1.29, 1.82) is 0 Å². The van der Waals surface area contributed by atoms with Crippen molar-refractivity contribution in [1.82, 2.24) is 10.0 Å². The minimum atomic E-state index is -4.00. The second-order valence-electron chi connectivity index (χ2n) is 5.64. The maximum absolute atomic E-state index is 12.7. The Morgan fingerprint density at radius 2 is 1.35 bits per heavy atom. The van der Waals surface area contributed by atoms with Crippen LogP contribution in [0.5, 0.6) is 0 Å². The van der Waals surface area contributed by atoms with Crippen molar-refractivity contribution in [3.63, 3.8) is 0 Å². The molecule has 0 unspecified atom stereocenters. The van der Waals surface area contributed by atoms with Crippen molar-refractivity contribution in [3.05, 3.63) is 90.5 Å². The molecule has 0 fully saturated rings. The van der Waals surface area contributed by atoms with E-state index in [-0.39, 0.29) is 11.4 Å². The highest BCUT2D eigenvalue weighted by atomic mass is 32.2. The molecule has 26 heavy (non-hydrogen) atoms. The summed E-state index contributed by atoms with van der Waals surface area (Å²) in [6, 6.07) is 24.2. The van der Waals surface area contributed by atoms with Crippen LogP contribution in [0, 0.1) is 0 Å². The highest BCUT2D eigenvalue weighted by Gasteiger charge is 2.21. The van der Waals surface area contributed by atoms with Gasteiger partial charge in [-0.15, -0.1) is 0 Å². The molecule has 0 aliphatic rings. The van der Waals surface area contributed by atoms with Gasteiger partial charge in [0.05, 0.1) is 4.90 Å². The van der Waals surface area contributed by atoms with Crippen molar-refractivity contribution < 1.29 is 13.2 Å². The molecule has 0 atom stereocenters. The number of nitrogens with one attached hydrogen (secondary N) is 2. The van der Waals surface area contributed by atoms with Crippen LogP contribution in [-0.4, -0.2) is 14.4 Å². The van der Waals surface area contributed by atoms with Crippen molar-refractivity contribution in [2.24, 2.45) is 0 Å². The van der Waals surface area contributed by atoms with E-state index >= 15 is 0 Å². The van der Waals surface area contributed by atoms with Crippen molar-refractivity contribution in [3.8, 4) is 11.1 Å². The predicted molar refractivity (Wildman–Crippen MR) is 101 cm³/mol. The van der Waals surface area contributed by atoms with Crippen LogP contribution in [0.3, 0.4) is 0 Å². The number of urea groups is 1. The lowest BCUT2D eigenvalue weighted by Gasteiger charge is -2.12. The van der Waals surface area contributed by atoms with E-state index in [1.54, 1.807) is 18.2 Å². The SMILES string of the molecule is O=C(NCc1ccccc1)NS(=O)(=O)c1ccccc1-c1ccccc1. The molecule has 0 aliphatic heterocycles. The highest BCUT2D eigenvalue weighted by molar-refractivity contribution is 7.90. The van der Waals surface area contributed by atoms with Gasteiger partial charge >= 0.3 is 6.03 Å².